The van der Waals surface area contributed by atoms with Crippen molar-refractivity contribution in [3.8, 4) is 11.6 Å². The van der Waals surface area contributed by atoms with Gasteiger partial charge in [0.15, 0.2) is 0 Å². The number of nitrogens with zero attached hydrogens (tertiary/aromatic N) is 2. The molecule has 2 rings (SSSR count). The van der Waals surface area contributed by atoms with E-state index in [-0.39, 0.29) is 17.1 Å². The molecule has 0 saturated heterocycles. The average molecular weight is 324 g/mol. The zero-order chi connectivity index (χ0) is 13.8. The van der Waals surface area contributed by atoms with Crippen LogP contribution in [-0.4, -0.2) is 23.0 Å². The fraction of sp³-hybridized carbons (Fsp3) is 0.0833. The monoisotopic (exact) mass is 323 g/mol. The van der Waals surface area contributed by atoms with E-state index in [4.69, 9.17) is 10.5 Å². The van der Waals surface area contributed by atoms with Crippen LogP contribution in [0, 0.1) is 0 Å². The molecule has 0 fully saturated rings. The Bertz CT molecular complexity index is 619. The summed E-state index contributed by atoms with van der Waals surface area (Å²) in [4.78, 5) is 19.4. The molecule has 0 aliphatic carbocycles. The molecule has 0 atom stereocenters. The van der Waals surface area contributed by atoms with Gasteiger partial charge < -0.3 is 15.2 Å². The number of rotatable bonds is 3. The quantitative estimate of drug-likeness (QED) is 0.872. The Morgan fingerprint density at radius 1 is 1.42 bits per heavy atom. The minimum Gasteiger partial charge on any atom is -0.465 e. The summed E-state index contributed by atoms with van der Waals surface area (Å²) in [6.07, 6.45) is 4.55. The van der Waals surface area contributed by atoms with Gasteiger partial charge >= 0.3 is 5.97 Å². The van der Waals surface area contributed by atoms with Gasteiger partial charge in [-0.3, -0.25) is 4.98 Å². The molecule has 98 valence electrons. The van der Waals surface area contributed by atoms with Crippen molar-refractivity contribution in [2.45, 2.75) is 0 Å². The number of ether oxygens (including phenoxy) is 2. The number of methoxy groups -OCH3 is 1. The highest BCUT2D eigenvalue weighted by Gasteiger charge is 2.15. The van der Waals surface area contributed by atoms with Crippen molar-refractivity contribution in [1.29, 1.82) is 0 Å². The Hall–Kier alpha value is -2.15. The largest absolute Gasteiger partial charge is 0.465 e. The van der Waals surface area contributed by atoms with E-state index in [2.05, 4.69) is 30.6 Å². The average Bonchev–Trinajstić information content (AvgIpc) is 2.40. The number of nitrogen functional groups attached to an aromatic ring is 1. The van der Waals surface area contributed by atoms with Crippen LogP contribution in [-0.2, 0) is 4.74 Å². The second kappa shape index (κ2) is 5.66. The zero-order valence-corrected chi connectivity index (χ0v) is 11.5. The smallest absolute Gasteiger partial charge is 0.340 e. The van der Waals surface area contributed by atoms with Crippen LogP contribution in [0.15, 0.2) is 35.2 Å². The fourth-order valence-electron chi connectivity index (χ4n) is 1.38. The number of nitrogens with two attached hydrogens (primary N) is 1. The summed E-state index contributed by atoms with van der Waals surface area (Å²) >= 11 is 3.27. The number of halogens is 1. The van der Waals surface area contributed by atoms with Gasteiger partial charge in [0.05, 0.1) is 18.9 Å². The molecule has 0 amide bonds. The van der Waals surface area contributed by atoms with Gasteiger partial charge in [0.1, 0.15) is 11.4 Å². The summed E-state index contributed by atoms with van der Waals surface area (Å²) < 4.78 is 10.9. The van der Waals surface area contributed by atoms with Crippen LogP contribution < -0.4 is 10.5 Å². The van der Waals surface area contributed by atoms with Gasteiger partial charge in [0, 0.05) is 16.9 Å². The normalized spacial score (nSPS) is 10.0. The lowest BCUT2D eigenvalue weighted by Gasteiger charge is -2.09. The molecule has 2 N–H and O–H groups in total. The van der Waals surface area contributed by atoms with Crippen LogP contribution in [0.3, 0.4) is 0 Å². The van der Waals surface area contributed by atoms with Crippen molar-refractivity contribution in [1.82, 2.24) is 9.97 Å². The van der Waals surface area contributed by atoms with Crippen LogP contribution in [0.4, 0.5) is 5.69 Å². The van der Waals surface area contributed by atoms with E-state index >= 15 is 0 Å². The van der Waals surface area contributed by atoms with Gasteiger partial charge in [-0.2, -0.15) is 0 Å². The van der Waals surface area contributed by atoms with E-state index in [0.29, 0.717) is 5.75 Å². The van der Waals surface area contributed by atoms with E-state index in [9.17, 15) is 4.79 Å². The molecular formula is C12H10BrN3O3. The third-order valence-electron chi connectivity index (χ3n) is 2.25. The van der Waals surface area contributed by atoms with Crippen LogP contribution in [0.5, 0.6) is 11.6 Å². The molecule has 0 aromatic carbocycles. The molecule has 0 radical (unpaired) electrons. The van der Waals surface area contributed by atoms with Crippen LogP contribution >= 0.6 is 15.9 Å². The number of carbonyl (C=O) groups is 1. The van der Waals surface area contributed by atoms with Crippen molar-refractivity contribution >= 4 is 27.6 Å². The minimum absolute atomic E-state index is 0.120. The van der Waals surface area contributed by atoms with Crippen molar-refractivity contribution in [2.24, 2.45) is 0 Å². The standard InChI is InChI=1S/C12H10BrN3O3/c1-18-12(17)9-2-3-16-11(10(9)14)19-8-4-7(13)5-15-6-8/h2-6H,14H2,1H3. The van der Waals surface area contributed by atoms with Gasteiger partial charge in [-0.1, -0.05) is 0 Å². The summed E-state index contributed by atoms with van der Waals surface area (Å²) in [5.74, 6) is 0.0375. The topological polar surface area (TPSA) is 87.3 Å². The molecule has 0 aliphatic heterocycles. The van der Waals surface area contributed by atoms with Gasteiger partial charge in [-0.25, -0.2) is 9.78 Å². The van der Waals surface area contributed by atoms with Gasteiger partial charge in [0.2, 0.25) is 5.88 Å². The number of hydrogen-bond donors (Lipinski definition) is 1. The molecule has 2 heterocycles. The van der Waals surface area contributed by atoms with Crippen LogP contribution in [0.2, 0.25) is 0 Å². The lowest BCUT2D eigenvalue weighted by Crippen LogP contribution is -2.07. The maximum atomic E-state index is 11.5. The van der Waals surface area contributed by atoms with Crippen molar-refractivity contribution in [3.63, 3.8) is 0 Å². The van der Waals surface area contributed by atoms with Crippen molar-refractivity contribution in [2.75, 3.05) is 12.8 Å². The first-order chi connectivity index (χ1) is 9.11. The number of anilines is 1. The molecule has 2 aromatic heterocycles. The zero-order valence-electron chi connectivity index (χ0n) is 9.96. The second-order valence-corrected chi connectivity index (χ2v) is 4.43. The first-order valence-electron chi connectivity index (χ1n) is 5.23. The van der Waals surface area contributed by atoms with Crippen LogP contribution in [0.25, 0.3) is 0 Å². The predicted octanol–water partition coefficient (Wildman–Crippen LogP) is 2.40. The number of carbonyl (C=O) groups excluding carboxylic acids is 1. The SMILES string of the molecule is COC(=O)c1ccnc(Oc2cncc(Br)c2)c1N. The maximum Gasteiger partial charge on any atom is 0.340 e. The third-order valence-corrected chi connectivity index (χ3v) is 2.69. The Balaban J connectivity index is 2.33. The maximum absolute atomic E-state index is 11.5. The van der Waals surface area contributed by atoms with E-state index in [0.717, 1.165) is 4.47 Å². The summed E-state index contributed by atoms with van der Waals surface area (Å²) in [7, 11) is 1.28. The highest BCUT2D eigenvalue weighted by molar-refractivity contribution is 9.10. The van der Waals surface area contributed by atoms with E-state index in [1.807, 2.05) is 0 Å². The number of hydrogen-bond acceptors (Lipinski definition) is 6. The summed E-state index contributed by atoms with van der Waals surface area (Å²) in [6, 6.07) is 3.17. The molecule has 0 aliphatic rings. The van der Waals surface area contributed by atoms with Gasteiger partial charge in [-0.05, 0) is 28.1 Å². The summed E-state index contributed by atoms with van der Waals surface area (Å²) in [5.41, 5.74) is 6.15. The van der Waals surface area contributed by atoms with E-state index in [1.54, 1.807) is 12.3 Å². The highest BCUT2D eigenvalue weighted by Crippen LogP contribution is 2.28. The molecule has 0 unspecified atom stereocenters. The molecular weight excluding hydrogens is 314 g/mol. The van der Waals surface area contributed by atoms with E-state index in [1.165, 1.54) is 25.6 Å². The molecule has 7 heteroatoms. The number of aromatic nitrogens is 2. The van der Waals surface area contributed by atoms with Gasteiger partial charge in [0.25, 0.3) is 0 Å². The third kappa shape index (κ3) is 3.00. The molecule has 0 saturated carbocycles. The number of esters is 1. The summed E-state index contributed by atoms with van der Waals surface area (Å²) in [6.45, 7) is 0. The minimum atomic E-state index is -0.544. The summed E-state index contributed by atoms with van der Waals surface area (Å²) in [5, 5.41) is 0. The Morgan fingerprint density at radius 3 is 2.89 bits per heavy atom. The molecule has 19 heavy (non-hydrogen) atoms. The molecule has 0 bridgehead atoms. The van der Waals surface area contributed by atoms with Crippen molar-refractivity contribution in [3.05, 3.63) is 40.8 Å². The Morgan fingerprint density at radius 2 is 2.21 bits per heavy atom. The molecule has 6 nitrogen and oxygen atoms in total. The Kier molecular flexibility index (Phi) is 3.96. The fourth-order valence-corrected chi connectivity index (χ4v) is 1.73. The number of pyridine rings is 2. The predicted molar refractivity (Wildman–Crippen MR) is 72.0 cm³/mol. The lowest BCUT2D eigenvalue weighted by molar-refractivity contribution is 0.0601. The molecule has 0 spiro atoms. The van der Waals surface area contributed by atoms with Gasteiger partial charge in [-0.15, -0.1) is 0 Å². The van der Waals surface area contributed by atoms with Crippen LogP contribution in [0.1, 0.15) is 10.4 Å². The Labute approximate surface area is 117 Å². The first kappa shape index (κ1) is 13.3. The lowest BCUT2D eigenvalue weighted by atomic mass is 10.2. The first-order valence-corrected chi connectivity index (χ1v) is 6.02. The second-order valence-electron chi connectivity index (χ2n) is 3.51. The molecule has 2 aromatic rings. The highest BCUT2D eigenvalue weighted by atomic mass is 79.9. The van der Waals surface area contributed by atoms with Crippen molar-refractivity contribution < 1.29 is 14.3 Å². The van der Waals surface area contributed by atoms with E-state index < -0.39 is 5.97 Å².